The molecule has 1 atom stereocenters. The van der Waals surface area contributed by atoms with Crippen molar-refractivity contribution in [2.75, 3.05) is 6.54 Å². The summed E-state index contributed by atoms with van der Waals surface area (Å²) in [7, 11) is 0. The first-order valence-corrected chi connectivity index (χ1v) is 5.81. The number of alkyl halides is 1. The SMILES string of the molecule is CCn1nc(C)c(Br)c1CC(C)(F)CN. The molecule has 15 heavy (non-hydrogen) atoms. The van der Waals surface area contributed by atoms with Crippen LogP contribution in [0.15, 0.2) is 4.47 Å². The van der Waals surface area contributed by atoms with Gasteiger partial charge in [0.1, 0.15) is 5.67 Å². The fourth-order valence-corrected chi connectivity index (χ4v) is 1.88. The first-order chi connectivity index (χ1) is 6.91. The van der Waals surface area contributed by atoms with Gasteiger partial charge in [-0.3, -0.25) is 4.68 Å². The van der Waals surface area contributed by atoms with Crippen molar-refractivity contribution in [3.63, 3.8) is 0 Å². The topological polar surface area (TPSA) is 43.8 Å². The maximum absolute atomic E-state index is 13.8. The molecule has 5 heteroatoms. The Hall–Kier alpha value is -0.420. The van der Waals surface area contributed by atoms with Gasteiger partial charge in [-0.1, -0.05) is 0 Å². The monoisotopic (exact) mass is 277 g/mol. The quantitative estimate of drug-likeness (QED) is 0.917. The number of nitrogens with zero attached hydrogens (tertiary/aromatic N) is 2. The second-order valence-corrected chi connectivity index (χ2v) is 4.75. The molecule has 0 amide bonds. The third-order valence-corrected chi connectivity index (χ3v) is 3.45. The van der Waals surface area contributed by atoms with E-state index in [0.717, 1.165) is 22.4 Å². The lowest BCUT2D eigenvalue weighted by Crippen LogP contribution is -2.32. The van der Waals surface area contributed by atoms with Crippen LogP contribution in [0.1, 0.15) is 25.2 Å². The summed E-state index contributed by atoms with van der Waals surface area (Å²) >= 11 is 3.43. The Labute approximate surface area is 98.0 Å². The minimum absolute atomic E-state index is 0.0212. The van der Waals surface area contributed by atoms with Crippen molar-refractivity contribution in [3.8, 4) is 0 Å². The molecule has 1 heterocycles. The van der Waals surface area contributed by atoms with E-state index in [0.29, 0.717) is 6.42 Å². The Morgan fingerprint density at radius 3 is 2.67 bits per heavy atom. The van der Waals surface area contributed by atoms with E-state index in [2.05, 4.69) is 21.0 Å². The highest BCUT2D eigenvalue weighted by Gasteiger charge is 2.26. The highest BCUT2D eigenvalue weighted by atomic mass is 79.9. The van der Waals surface area contributed by atoms with Crippen LogP contribution in [0, 0.1) is 6.92 Å². The van der Waals surface area contributed by atoms with E-state index in [1.165, 1.54) is 6.92 Å². The second kappa shape index (κ2) is 4.61. The first kappa shape index (κ1) is 12.6. The van der Waals surface area contributed by atoms with Crippen LogP contribution in [-0.4, -0.2) is 22.0 Å². The Balaban J connectivity index is 3.03. The molecule has 3 nitrogen and oxygen atoms in total. The summed E-state index contributed by atoms with van der Waals surface area (Å²) in [5, 5.41) is 4.31. The number of aryl methyl sites for hydroxylation is 2. The molecule has 0 saturated heterocycles. The van der Waals surface area contributed by atoms with Crippen LogP contribution >= 0.6 is 15.9 Å². The van der Waals surface area contributed by atoms with Gasteiger partial charge in [0.05, 0.1) is 15.9 Å². The van der Waals surface area contributed by atoms with Gasteiger partial charge >= 0.3 is 0 Å². The summed E-state index contributed by atoms with van der Waals surface area (Å²) in [5.74, 6) is 0. The molecule has 0 bridgehead atoms. The minimum atomic E-state index is -1.37. The fourth-order valence-electron chi connectivity index (χ4n) is 1.46. The summed E-state index contributed by atoms with van der Waals surface area (Å²) in [5.41, 5.74) is 5.78. The molecule has 0 aliphatic heterocycles. The summed E-state index contributed by atoms with van der Waals surface area (Å²) in [6.45, 7) is 6.16. The lowest BCUT2D eigenvalue weighted by atomic mass is 10.0. The van der Waals surface area contributed by atoms with Crippen LogP contribution in [0.4, 0.5) is 4.39 Å². The smallest absolute Gasteiger partial charge is 0.125 e. The number of hydrogen-bond acceptors (Lipinski definition) is 2. The number of nitrogens with two attached hydrogens (primary N) is 1. The van der Waals surface area contributed by atoms with Crippen LogP contribution in [0.5, 0.6) is 0 Å². The third kappa shape index (κ3) is 2.78. The van der Waals surface area contributed by atoms with Gasteiger partial charge in [0.2, 0.25) is 0 Å². The molecule has 0 aliphatic rings. The molecule has 0 aliphatic carbocycles. The van der Waals surface area contributed by atoms with Crippen molar-refractivity contribution >= 4 is 15.9 Å². The minimum Gasteiger partial charge on any atom is -0.328 e. The van der Waals surface area contributed by atoms with E-state index < -0.39 is 5.67 Å². The van der Waals surface area contributed by atoms with E-state index in [4.69, 9.17) is 5.73 Å². The van der Waals surface area contributed by atoms with Gasteiger partial charge in [-0.25, -0.2) is 4.39 Å². The highest BCUT2D eigenvalue weighted by molar-refractivity contribution is 9.10. The van der Waals surface area contributed by atoms with Gasteiger partial charge in [0.15, 0.2) is 0 Å². The molecular formula is C10H17BrFN3. The molecule has 1 aromatic rings. The number of rotatable bonds is 4. The normalized spacial score (nSPS) is 15.3. The summed E-state index contributed by atoms with van der Waals surface area (Å²) < 4.78 is 16.5. The van der Waals surface area contributed by atoms with Gasteiger partial charge < -0.3 is 5.73 Å². The van der Waals surface area contributed by atoms with E-state index in [-0.39, 0.29) is 6.54 Å². The Morgan fingerprint density at radius 1 is 1.60 bits per heavy atom. The van der Waals surface area contributed by atoms with Gasteiger partial charge in [-0.05, 0) is 36.7 Å². The predicted octanol–water partition coefficient (Wildman–Crippen LogP) is 2.20. The Bertz CT molecular complexity index is 347. The van der Waals surface area contributed by atoms with Gasteiger partial charge in [0.25, 0.3) is 0 Å². The number of halogens is 2. The van der Waals surface area contributed by atoms with Crippen molar-refractivity contribution in [1.29, 1.82) is 0 Å². The average molecular weight is 278 g/mol. The molecule has 0 saturated carbocycles. The van der Waals surface area contributed by atoms with E-state index >= 15 is 0 Å². The van der Waals surface area contributed by atoms with Gasteiger partial charge in [-0.15, -0.1) is 0 Å². The molecular weight excluding hydrogens is 261 g/mol. The lowest BCUT2D eigenvalue weighted by molar-refractivity contribution is 0.195. The highest BCUT2D eigenvalue weighted by Crippen LogP contribution is 2.26. The van der Waals surface area contributed by atoms with Gasteiger partial charge in [-0.2, -0.15) is 5.10 Å². The predicted molar refractivity (Wildman–Crippen MR) is 62.6 cm³/mol. The first-order valence-electron chi connectivity index (χ1n) is 5.02. The van der Waals surface area contributed by atoms with Crippen LogP contribution in [0.3, 0.4) is 0 Å². The Kier molecular flexibility index (Phi) is 3.89. The van der Waals surface area contributed by atoms with E-state index in [1.807, 2.05) is 18.5 Å². The Morgan fingerprint density at radius 2 is 2.20 bits per heavy atom. The number of aromatic nitrogens is 2. The maximum atomic E-state index is 13.8. The maximum Gasteiger partial charge on any atom is 0.125 e. The average Bonchev–Trinajstić information content (AvgIpc) is 2.45. The molecule has 1 rings (SSSR count). The zero-order chi connectivity index (χ0) is 11.6. The fraction of sp³-hybridized carbons (Fsp3) is 0.700. The van der Waals surface area contributed by atoms with E-state index in [9.17, 15) is 4.39 Å². The zero-order valence-corrected chi connectivity index (χ0v) is 10.9. The van der Waals surface area contributed by atoms with Crippen LogP contribution in [0.2, 0.25) is 0 Å². The molecule has 0 fully saturated rings. The largest absolute Gasteiger partial charge is 0.328 e. The molecule has 1 aromatic heterocycles. The summed E-state index contributed by atoms with van der Waals surface area (Å²) in [4.78, 5) is 0. The van der Waals surface area contributed by atoms with Crippen molar-refractivity contribution in [1.82, 2.24) is 9.78 Å². The van der Waals surface area contributed by atoms with Crippen LogP contribution in [-0.2, 0) is 13.0 Å². The van der Waals surface area contributed by atoms with Crippen molar-refractivity contribution in [2.24, 2.45) is 5.73 Å². The molecule has 0 aromatic carbocycles. The van der Waals surface area contributed by atoms with Crippen molar-refractivity contribution < 1.29 is 4.39 Å². The molecule has 86 valence electrons. The van der Waals surface area contributed by atoms with Gasteiger partial charge in [0, 0.05) is 19.5 Å². The summed E-state index contributed by atoms with van der Waals surface area (Å²) in [6, 6.07) is 0. The zero-order valence-electron chi connectivity index (χ0n) is 9.35. The van der Waals surface area contributed by atoms with Crippen molar-refractivity contribution in [2.45, 2.75) is 39.4 Å². The van der Waals surface area contributed by atoms with Crippen molar-refractivity contribution in [3.05, 3.63) is 15.9 Å². The molecule has 0 spiro atoms. The van der Waals surface area contributed by atoms with Crippen LogP contribution < -0.4 is 5.73 Å². The molecule has 1 unspecified atom stereocenters. The molecule has 2 N–H and O–H groups in total. The van der Waals surface area contributed by atoms with E-state index in [1.54, 1.807) is 0 Å². The number of hydrogen-bond donors (Lipinski definition) is 1. The molecule has 0 radical (unpaired) electrons. The second-order valence-electron chi connectivity index (χ2n) is 3.96. The summed E-state index contributed by atoms with van der Waals surface area (Å²) in [6.07, 6.45) is 0.290. The standard InChI is InChI=1S/C10H17BrFN3/c1-4-15-8(5-10(3,12)6-13)9(11)7(2)14-15/h4-6,13H2,1-3H3. The van der Waals surface area contributed by atoms with Crippen LogP contribution in [0.25, 0.3) is 0 Å². The third-order valence-electron chi connectivity index (χ3n) is 2.41. The lowest BCUT2D eigenvalue weighted by Gasteiger charge is -2.18.